The standard InChI is InChI=1S/C14H13ClN4O/c15-12-3-4-13(19-18-12)17-14(20)10-2-1-9-5-6-16-8-11(9)7-10/h1-4,7,16H,5-6,8H2,(H,17,19,20). The second-order valence-corrected chi connectivity index (χ2v) is 4.99. The molecule has 0 saturated heterocycles. The van der Waals surface area contributed by atoms with Crippen molar-refractivity contribution in [1.82, 2.24) is 15.5 Å². The number of anilines is 1. The lowest BCUT2D eigenvalue weighted by Gasteiger charge is -2.17. The van der Waals surface area contributed by atoms with Gasteiger partial charge in [-0.1, -0.05) is 17.7 Å². The molecule has 5 nitrogen and oxygen atoms in total. The van der Waals surface area contributed by atoms with Crippen molar-refractivity contribution in [2.75, 3.05) is 11.9 Å². The number of carbonyl (C=O) groups is 1. The molecule has 0 aliphatic carbocycles. The van der Waals surface area contributed by atoms with Crippen molar-refractivity contribution in [3.63, 3.8) is 0 Å². The third-order valence-corrected chi connectivity index (χ3v) is 3.43. The highest BCUT2D eigenvalue weighted by molar-refractivity contribution is 6.29. The zero-order valence-electron chi connectivity index (χ0n) is 10.7. The highest BCUT2D eigenvalue weighted by atomic mass is 35.5. The van der Waals surface area contributed by atoms with Crippen LogP contribution in [-0.4, -0.2) is 22.6 Å². The largest absolute Gasteiger partial charge is 0.312 e. The fourth-order valence-corrected chi connectivity index (χ4v) is 2.29. The predicted octanol–water partition coefficient (Wildman–Crippen LogP) is 2.03. The summed E-state index contributed by atoms with van der Waals surface area (Å²) in [7, 11) is 0. The monoisotopic (exact) mass is 288 g/mol. The number of halogens is 1. The summed E-state index contributed by atoms with van der Waals surface area (Å²) >= 11 is 5.65. The molecule has 1 aliphatic heterocycles. The Morgan fingerprint density at radius 1 is 1.20 bits per heavy atom. The summed E-state index contributed by atoms with van der Waals surface area (Å²) in [5, 5.41) is 13.8. The first-order valence-corrected chi connectivity index (χ1v) is 6.73. The molecule has 0 saturated carbocycles. The average molecular weight is 289 g/mol. The van der Waals surface area contributed by atoms with Crippen LogP contribution in [0.2, 0.25) is 5.15 Å². The predicted molar refractivity (Wildman–Crippen MR) is 76.8 cm³/mol. The molecule has 1 amide bonds. The van der Waals surface area contributed by atoms with E-state index >= 15 is 0 Å². The maximum atomic E-state index is 12.2. The van der Waals surface area contributed by atoms with E-state index in [-0.39, 0.29) is 5.91 Å². The van der Waals surface area contributed by atoms with Gasteiger partial charge in [-0.05, 0) is 48.4 Å². The minimum Gasteiger partial charge on any atom is -0.312 e. The van der Waals surface area contributed by atoms with Gasteiger partial charge in [0.2, 0.25) is 0 Å². The lowest BCUT2D eigenvalue weighted by atomic mass is 9.98. The minimum atomic E-state index is -0.199. The number of nitrogens with one attached hydrogen (secondary N) is 2. The molecule has 0 radical (unpaired) electrons. The Morgan fingerprint density at radius 2 is 2.10 bits per heavy atom. The first-order chi connectivity index (χ1) is 9.72. The molecule has 0 unspecified atom stereocenters. The van der Waals surface area contributed by atoms with Gasteiger partial charge in [-0.25, -0.2) is 0 Å². The van der Waals surface area contributed by atoms with Crippen LogP contribution in [0.1, 0.15) is 21.5 Å². The maximum Gasteiger partial charge on any atom is 0.256 e. The minimum absolute atomic E-state index is 0.199. The van der Waals surface area contributed by atoms with E-state index in [0.29, 0.717) is 16.5 Å². The van der Waals surface area contributed by atoms with Crippen LogP contribution in [0, 0.1) is 0 Å². The molecule has 6 heteroatoms. The van der Waals surface area contributed by atoms with E-state index < -0.39 is 0 Å². The van der Waals surface area contributed by atoms with Crippen molar-refractivity contribution in [2.45, 2.75) is 13.0 Å². The number of amides is 1. The molecule has 1 aromatic heterocycles. The zero-order chi connectivity index (χ0) is 13.9. The van der Waals surface area contributed by atoms with E-state index in [9.17, 15) is 4.79 Å². The topological polar surface area (TPSA) is 66.9 Å². The Morgan fingerprint density at radius 3 is 2.90 bits per heavy atom. The van der Waals surface area contributed by atoms with E-state index in [0.717, 1.165) is 19.5 Å². The Bertz CT molecular complexity index is 642. The fourth-order valence-electron chi connectivity index (χ4n) is 2.19. The van der Waals surface area contributed by atoms with E-state index in [1.165, 1.54) is 11.1 Å². The number of nitrogens with zero attached hydrogens (tertiary/aromatic N) is 2. The van der Waals surface area contributed by atoms with Gasteiger partial charge in [0.05, 0.1) is 0 Å². The Hall–Kier alpha value is -1.98. The number of hydrogen-bond acceptors (Lipinski definition) is 4. The molecule has 1 aromatic carbocycles. The van der Waals surface area contributed by atoms with Crippen molar-refractivity contribution >= 4 is 23.3 Å². The van der Waals surface area contributed by atoms with Crippen LogP contribution < -0.4 is 10.6 Å². The molecular formula is C14H13ClN4O. The van der Waals surface area contributed by atoms with E-state index in [1.54, 1.807) is 12.1 Å². The number of rotatable bonds is 2. The normalized spacial score (nSPS) is 13.7. The second kappa shape index (κ2) is 5.56. The molecule has 102 valence electrons. The SMILES string of the molecule is O=C(Nc1ccc(Cl)nn1)c1ccc2c(c1)CNCC2. The summed E-state index contributed by atoms with van der Waals surface area (Å²) in [6.45, 7) is 1.79. The molecular weight excluding hydrogens is 276 g/mol. The molecule has 0 bridgehead atoms. The van der Waals surface area contributed by atoms with Gasteiger partial charge in [0.25, 0.3) is 5.91 Å². The van der Waals surface area contributed by atoms with Gasteiger partial charge in [0.1, 0.15) is 0 Å². The first-order valence-electron chi connectivity index (χ1n) is 6.35. The van der Waals surface area contributed by atoms with Gasteiger partial charge in [-0.15, -0.1) is 10.2 Å². The van der Waals surface area contributed by atoms with Gasteiger partial charge < -0.3 is 10.6 Å². The number of fused-ring (bicyclic) bond motifs is 1. The van der Waals surface area contributed by atoms with Crippen molar-refractivity contribution in [3.8, 4) is 0 Å². The van der Waals surface area contributed by atoms with Gasteiger partial charge >= 0.3 is 0 Å². The molecule has 0 atom stereocenters. The number of hydrogen-bond donors (Lipinski definition) is 2. The van der Waals surface area contributed by atoms with Gasteiger partial charge in [0.15, 0.2) is 11.0 Å². The third kappa shape index (κ3) is 2.79. The van der Waals surface area contributed by atoms with Crippen molar-refractivity contribution in [1.29, 1.82) is 0 Å². The molecule has 1 aliphatic rings. The summed E-state index contributed by atoms with van der Waals surface area (Å²) in [6, 6.07) is 8.97. The molecule has 3 rings (SSSR count). The van der Waals surface area contributed by atoms with Crippen LogP contribution in [0.25, 0.3) is 0 Å². The van der Waals surface area contributed by atoms with Crippen molar-refractivity contribution < 1.29 is 4.79 Å². The molecule has 20 heavy (non-hydrogen) atoms. The van der Waals surface area contributed by atoms with Crippen LogP contribution >= 0.6 is 11.6 Å². The smallest absolute Gasteiger partial charge is 0.256 e. The van der Waals surface area contributed by atoms with Crippen LogP contribution in [0.5, 0.6) is 0 Å². The highest BCUT2D eigenvalue weighted by Crippen LogP contribution is 2.17. The van der Waals surface area contributed by atoms with Gasteiger partial charge in [-0.2, -0.15) is 0 Å². The summed E-state index contributed by atoms with van der Waals surface area (Å²) in [4.78, 5) is 12.2. The quantitative estimate of drug-likeness (QED) is 0.887. The molecule has 0 spiro atoms. The van der Waals surface area contributed by atoms with Gasteiger partial charge in [-0.3, -0.25) is 4.79 Å². The number of carbonyl (C=O) groups excluding carboxylic acids is 1. The van der Waals surface area contributed by atoms with E-state index in [4.69, 9.17) is 11.6 Å². The lowest BCUT2D eigenvalue weighted by Crippen LogP contribution is -2.24. The van der Waals surface area contributed by atoms with Crippen LogP contribution in [0.3, 0.4) is 0 Å². The second-order valence-electron chi connectivity index (χ2n) is 4.61. The molecule has 0 fully saturated rings. The number of benzene rings is 1. The summed E-state index contributed by atoms with van der Waals surface area (Å²) in [5.74, 6) is 0.185. The molecule has 2 aromatic rings. The Balaban J connectivity index is 1.78. The lowest BCUT2D eigenvalue weighted by molar-refractivity contribution is 0.102. The third-order valence-electron chi connectivity index (χ3n) is 3.23. The van der Waals surface area contributed by atoms with Crippen LogP contribution in [-0.2, 0) is 13.0 Å². The van der Waals surface area contributed by atoms with Crippen LogP contribution in [0.15, 0.2) is 30.3 Å². The average Bonchev–Trinajstić information content (AvgIpc) is 2.49. The fraction of sp³-hybridized carbons (Fsp3) is 0.214. The molecule has 2 heterocycles. The highest BCUT2D eigenvalue weighted by Gasteiger charge is 2.13. The maximum absolute atomic E-state index is 12.2. The number of aromatic nitrogens is 2. The first kappa shape index (κ1) is 13.0. The summed E-state index contributed by atoms with van der Waals surface area (Å²) < 4.78 is 0. The summed E-state index contributed by atoms with van der Waals surface area (Å²) in [5.41, 5.74) is 3.09. The Kier molecular flexibility index (Phi) is 3.62. The van der Waals surface area contributed by atoms with Crippen LogP contribution in [0.4, 0.5) is 5.82 Å². The Labute approximate surface area is 121 Å². The summed E-state index contributed by atoms with van der Waals surface area (Å²) in [6.07, 6.45) is 1.000. The van der Waals surface area contributed by atoms with Crippen molar-refractivity contribution in [2.24, 2.45) is 0 Å². The van der Waals surface area contributed by atoms with Crippen molar-refractivity contribution in [3.05, 3.63) is 52.2 Å². The van der Waals surface area contributed by atoms with E-state index in [2.05, 4.69) is 20.8 Å². The van der Waals surface area contributed by atoms with Gasteiger partial charge in [0, 0.05) is 12.1 Å². The molecule has 2 N–H and O–H groups in total. The zero-order valence-corrected chi connectivity index (χ0v) is 11.4. The van der Waals surface area contributed by atoms with E-state index in [1.807, 2.05) is 18.2 Å².